The molecule has 1 aliphatic heterocycles. The molecule has 1 unspecified atom stereocenters. The van der Waals surface area contributed by atoms with Crippen molar-refractivity contribution in [2.75, 3.05) is 46.5 Å². The molecule has 0 amide bonds. The molecule has 1 aromatic carbocycles. The number of aliphatic imine (C=N–C) groups is 1. The summed E-state index contributed by atoms with van der Waals surface area (Å²) in [5, 5.41) is 4.07. The van der Waals surface area contributed by atoms with E-state index in [4.69, 9.17) is 21.1 Å². The van der Waals surface area contributed by atoms with Crippen LogP contribution in [0, 0.1) is 5.92 Å². The molecular formula is C17H26ClN3O2. The van der Waals surface area contributed by atoms with Gasteiger partial charge >= 0.3 is 0 Å². The number of methoxy groups -OCH3 is 1. The lowest BCUT2D eigenvalue weighted by Crippen LogP contribution is -2.40. The van der Waals surface area contributed by atoms with E-state index in [9.17, 15) is 0 Å². The van der Waals surface area contributed by atoms with Crippen LogP contribution in [0.5, 0.6) is 5.75 Å². The molecule has 1 aliphatic rings. The number of hydrogen-bond donors (Lipinski definition) is 1. The fraction of sp³-hybridized carbons (Fsp3) is 0.588. The molecule has 1 atom stereocenters. The summed E-state index contributed by atoms with van der Waals surface area (Å²) in [5.41, 5.74) is 0. The van der Waals surface area contributed by atoms with E-state index in [2.05, 4.69) is 22.1 Å². The van der Waals surface area contributed by atoms with Crippen molar-refractivity contribution in [1.29, 1.82) is 0 Å². The lowest BCUT2D eigenvalue weighted by atomic mass is 10.1. The van der Waals surface area contributed by atoms with Gasteiger partial charge in [0, 0.05) is 37.7 Å². The summed E-state index contributed by atoms with van der Waals surface area (Å²) < 4.78 is 10.9. The fourth-order valence-electron chi connectivity index (χ4n) is 2.67. The number of ether oxygens (including phenoxy) is 2. The number of hydrogen-bond acceptors (Lipinski definition) is 3. The van der Waals surface area contributed by atoms with Crippen molar-refractivity contribution < 1.29 is 9.47 Å². The molecule has 0 saturated carbocycles. The second kappa shape index (κ2) is 9.63. The van der Waals surface area contributed by atoms with E-state index in [-0.39, 0.29) is 0 Å². The smallest absolute Gasteiger partial charge is 0.194 e. The maximum Gasteiger partial charge on any atom is 0.194 e. The highest BCUT2D eigenvalue weighted by Gasteiger charge is 2.24. The molecule has 1 saturated heterocycles. The van der Waals surface area contributed by atoms with E-state index in [1.807, 2.05) is 24.3 Å². The Kier molecular flexibility index (Phi) is 7.49. The Morgan fingerprint density at radius 3 is 2.87 bits per heavy atom. The first-order chi connectivity index (χ1) is 11.2. The minimum absolute atomic E-state index is 0.547. The third-order valence-electron chi connectivity index (χ3n) is 3.76. The van der Waals surface area contributed by atoms with Crippen LogP contribution in [-0.4, -0.2) is 57.4 Å². The summed E-state index contributed by atoms with van der Waals surface area (Å²) in [4.78, 5) is 6.96. The molecule has 0 bridgehead atoms. The van der Waals surface area contributed by atoms with E-state index in [0.29, 0.717) is 24.1 Å². The number of rotatable bonds is 7. The van der Waals surface area contributed by atoms with Crippen molar-refractivity contribution in [1.82, 2.24) is 10.2 Å². The standard InChI is InChI=1S/C17H26ClN3O2/c1-3-19-17(21-10-8-14(12-21)13-22-2)20-9-11-23-16-6-4-15(18)5-7-16/h4-7,14H,3,8-13H2,1-2H3,(H,19,20). The lowest BCUT2D eigenvalue weighted by Gasteiger charge is -2.21. The number of nitrogens with zero attached hydrogens (tertiary/aromatic N) is 2. The molecule has 1 aromatic rings. The van der Waals surface area contributed by atoms with Crippen molar-refractivity contribution in [3.05, 3.63) is 29.3 Å². The van der Waals surface area contributed by atoms with Gasteiger partial charge in [0.05, 0.1) is 13.2 Å². The molecule has 2 rings (SSSR count). The first kappa shape index (κ1) is 17.9. The maximum absolute atomic E-state index is 5.86. The van der Waals surface area contributed by atoms with Crippen LogP contribution in [0.15, 0.2) is 29.3 Å². The molecule has 1 heterocycles. The van der Waals surface area contributed by atoms with Crippen LogP contribution >= 0.6 is 11.6 Å². The summed E-state index contributed by atoms with van der Waals surface area (Å²) in [6.07, 6.45) is 1.15. The maximum atomic E-state index is 5.86. The molecule has 0 spiro atoms. The minimum Gasteiger partial charge on any atom is -0.492 e. The Balaban J connectivity index is 1.80. The zero-order valence-electron chi connectivity index (χ0n) is 13.9. The van der Waals surface area contributed by atoms with E-state index in [1.54, 1.807) is 7.11 Å². The average Bonchev–Trinajstić information content (AvgIpc) is 3.01. The molecular weight excluding hydrogens is 314 g/mol. The summed E-state index contributed by atoms with van der Waals surface area (Å²) in [5.74, 6) is 2.37. The van der Waals surface area contributed by atoms with Crippen LogP contribution in [0.25, 0.3) is 0 Å². The predicted octanol–water partition coefficient (Wildman–Crippen LogP) is 2.65. The zero-order chi connectivity index (χ0) is 16.5. The first-order valence-corrected chi connectivity index (χ1v) is 8.51. The highest BCUT2D eigenvalue weighted by Crippen LogP contribution is 2.17. The van der Waals surface area contributed by atoms with Gasteiger partial charge in [-0.1, -0.05) is 11.6 Å². The third kappa shape index (κ3) is 5.92. The molecule has 0 radical (unpaired) electrons. The average molecular weight is 340 g/mol. The zero-order valence-corrected chi connectivity index (χ0v) is 14.7. The van der Waals surface area contributed by atoms with Crippen LogP contribution in [0.3, 0.4) is 0 Å². The molecule has 1 fully saturated rings. The van der Waals surface area contributed by atoms with E-state index in [1.165, 1.54) is 0 Å². The van der Waals surface area contributed by atoms with Crippen molar-refractivity contribution in [2.24, 2.45) is 10.9 Å². The number of guanidine groups is 1. The first-order valence-electron chi connectivity index (χ1n) is 8.13. The summed E-state index contributed by atoms with van der Waals surface area (Å²) in [7, 11) is 1.76. The van der Waals surface area contributed by atoms with E-state index in [0.717, 1.165) is 44.4 Å². The lowest BCUT2D eigenvalue weighted by molar-refractivity contribution is 0.157. The Hall–Kier alpha value is -1.46. The second-order valence-corrected chi connectivity index (χ2v) is 6.03. The highest BCUT2D eigenvalue weighted by atomic mass is 35.5. The number of halogens is 1. The van der Waals surface area contributed by atoms with Gasteiger partial charge in [0.25, 0.3) is 0 Å². The van der Waals surface area contributed by atoms with Crippen LogP contribution in [0.1, 0.15) is 13.3 Å². The third-order valence-corrected chi connectivity index (χ3v) is 4.01. The fourth-order valence-corrected chi connectivity index (χ4v) is 2.79. The monoisotopic (exact) mass is 339 g/mol. The van der Waals surface area contributed by atoms with Gasteiger partial charge in [0.15, 0.2) is 5.96 Å². The number of likely N-dealkylation sites (tertiary alicyclic amines) is 1. The van der Waals surface area contributed by atoms with Gasteiger partial charge < -0.3 is 19.7 Å². The van der Waals surface area contributed by atoms with Crippen LogP contribution < -0.4 is 10.1 Å². The van der Waals surface area contributed by atoms with Gasteiger partial charge in [0.1, 0.15) is 12.4 Å². The molecule has 6 heteroatoms. The molecule has 0 aliphatic carbocycles. The SMILES string of the molecule is CCNC(=NCCOc1ccc(Cl)cc1)N1CCC(COC)C1. The van der Waals surface area contributed by atoms with Crippen molar-refractivity contribution >= 4 is 17.6 Å². The second-order valence-electron chi connectivity index (χ2n) is 5.59. The van der Waals surface area contributed by atoms with Crippen LogP contribution in [0.4, 0.5) is 0 Å². The summed E-state index contributed by atoms with van der Waals surface area (Å²) in [6, 6.07) is 7.38. The number of benzene rings is 1. The molecule has 5 nitrogen and oxygen atoms in total. The van der Waals surface area contributed by atoms with Crippen LogP contribution in [-0.2, 0) is 4.74 Å². The van der Waals surface area contributed by atoms with Crippen LogP contribution in [0.2, 0.25) is 5.02 Å². The Morgan fingerprint density at radius 1 is 1.39 bits per heavy atom. The topological polar surface area (TPSA) is 46.1 Å². The summed E-state index contributed by atoms with van der Waals surface area (Å²) in [6.45, 7) is 6.96. The van der Waals surface area contributed by atoms with Gasteiger partial charge in [-0.2, -0.15) is 0 Å². The molecule has 128 valence electrons. The van der Waals surface area contributed by atoms with Crippen molar-refractivity contribution in [3.63, 3.8) is 0 Å². The van der Waals surface area contributed by atoms with E-state index >= 15 is 0 Å². The van der Waals surface area contributed by atoms with Gasteiger partial charge in [-0.05, 0) is 37.6 Å². The molecule has 1 N–H and O–H groups in total. The van der Waals surface area contributed by atoms with E-state index < -0.39 is 0 Å². The van der Waals surface area contributed by atoms with Gasteiger partial charge in [-0.25, -0.2) is 4.99 Å². The Morgan fingerprint density at radius 2 is 2.17 bits per heavy atom. The predicted molar refractivity (Wildman–Crippen MR) is 94.5 cm³/mol. The quantitative estimate of drug-likeness (QED) is 0.471. The van der Waals surface area contributed by atoms with Crippen molar-refractivity contribution in [3.8, 4) is 5.75 Å². The Labute approximate surface area is 143 Å². The summed E-state index contributed by atoms with van der Waals surface area (Å²) >= 11 is 5.86. The molecule has 23 heavy (non-hydrogen) atoms. The normalized spacial score (nSPS) is 18.3. The van der Waals surface area contributed by atoms with Gasteiger partial charge in [-0.3, -0.25) is 0 Å². The largest absolute Gasteiger partial charge is 0.492 e. The van der Waals surface area contributed by atoms with Gasteiger partial charge in [0.2, 0.25) is 0 Å². The van der Waals surface area contributed by atoms with Gasteiger partial charge in [-0.15, -0.1) is 0 Å². The Bertz CT molecular complexity index is 493. The molecule has 0 aromatic heterocycles. The highest BCUT2D eigenvalue weighted by molar-refractivity contribution is 6.30. The van der Waals surface area contributed by atoms with Crippen molar-refractivity contribution in [2.45, 2.75) is 13.3 Å². The minimum atomic E-state index is 0.547. The number of nitrogens with one attached hydrogen (secondary N) is 1.